The van der Waals surface area contributed by atoms with E-state index in [9.17, 15) is 14.9 Å². The minimum absolute atomic E-state index is 0.0415. The van der Waals surface area contributed by atoms with Crippen molar-refractivity contribution >= 4 is 35.2 Å². The number of nitrogens with zero attached hydrogens (tertiary/aromatic N) is 1. The van der Waals surface area contributed by atoms with Crippen molar-refractivity contribution in [2.75, 3.05) is 5.32 Å². The molecule has 0 saturated heterocycles. The molecule has 3 aromatic rings. The van der Waals surface area contributed by atoms with E-state index in [2.05, 4.69) is 5.32 Å². The predicted molar refractivity (Wildman–Crippen MR) is 116 cm³/mol. The van der Waals surface area contributed by atoms with Crippen molar-refractivity contribution in [2.45, 2.75) is 6.92 Å². The molecule has 5 nitrogen and oxygen atoms in total. The largest absolute Gasteiger partial charge is 0.423 e. The molecule has 0 aliphatic heterocycles. The number of hydrogen-bond donors (Lipinski definition) is 1. The van der Waals surface area contributed by atoms with Crippen molar-refractivity contribution in [1.29, 1.82) is 5.26 Å². The number of nitrogens with one attached hydrogen (secondary N) is 1. The lowest BCUT2D eigenvalue weighted by atomic mass is 10.1. The van der Waals surface area contributed by atoms with Crippen LogP contribution in [0, 0.1) is 18.3 Å². The molecule has 0 aliphatic rings. The average molecular weight is 417 g/mol. The van der Waals surface area contributed by atoms with E-state index in [0.29, 0.717) is 27.6 Å². The Balaban J connectivity index is 1.69. The van der Waals surface area contributed by atoms with Crippen molar-refractivity contribution in [1.82, 2.24) is 0 Å². The number of halogens is 1. The quantitative estimate of drug-likeness (QED) is 0.261. The van der Waals surface area contributed by atoms with Crippen LogP contribution in [0.5, 0.6) is 5.75 Å². The summed E-state index contributed by atoms with van der Waals surface area (Å²) in [5.74, 6) is -0.699. The van der Waals surface area contributed by atoms with Crippen molar-refractivity contribution in [3.05, 3.63) is 100 Å². The van der Waals surface area contributed by atoms with Gasteiger partial charge in [0.2, 0.25) is 0 Å². The van der Waals surface area contributed by atoms with Gasteiger partial charge in [0.25, 0.3) is 5.91 Å². The third-order valence-corrected chi connectivity index (χ3v) is 4.34. The summed E-state index contributed by atoms with van der Waals surface area (Å²) < 4.78 is 5.32. The second-order valence-corrected chi connectivity index (χ2v) is 6.90. The van der Waals surface area contributed by atoms with Gasteiger partial charge in [-0.15, -0.1) is 0 Å². The second-order valence-electron chi connectivity index (χ2n) is 6.46. The lowest BCUT2D eigenvalue weighted by Gasteiger charge is -2.06. The van der Waals surface area contributed by atoms with E-state index in [1.165, 1.54) is 12.1 Å². The fourth-order valence-corrected chi connectivity index (χ4v) is 2.84. The molecule has 0 fully saturated rings. The Kier molecular flexibility index (Phi) is 6.63. The first-order valence-corrected chi connectivity index (χ1v) is 9.40. The van der Waals surface area contributed by atoms with Crippen LogP contribution in [0.3, 0.4) is 0 Å². The van der Waals surface area contributed by atoms with Crippen molar-refractivity contribution < 1.29 is 14.3 Å². The minimum Gasteiger partial charge on any atom is -0.423 e. The third kappa shape index (κ3) is 5.57. The van der Waals surface area contributed by atoms with Gasteiger partial charge >= 0.3 is 5.97 Å². The van der Waals surface area contributed by atoms with Crippen LogP contribution < -0.4 is 10.1 Å². The predicted octanol–water partition coefficient (Wildman–Crippen LogP) is 5.41. The Morgan fingerprint density at radius 3 is 2.43 bits per heavy atom. The first kappa shape index (κ1) is 20.8. The Labute approximate surface area is 179 Å². The highest BCUT2D eigenvalue weighted by molar-refractivity contribution is 6.30. The Hall–Kier alpha value is -3.88. The molecular formula is C24H17ClN2O3. The van der Waals surface area contributed by atoms with Crippen LogP contribution in [-0.4, -0.2) is 11.9 Å². The van der Waals surface area contributed by atoms with Crippen molar-refractivity contribution in [3.63, 3.8) is 0 Å². The number of anilines is 1. The fourth-order valence-electron chi connectivity index (χ4n) is 2.65. The third-order valence-electron chi connectivity index (χ3n) is 4.10. The van der Waals surface area contributed by atoms with E-state index in [1.807, 2.05) is 31.2 Å². The van der Waals surface area contributed by atoms with Crippen LogP contribution in [0.1, 0.15) is 21.5 Å². The number of hydrogen-bond acceptors (Lipinski definition) is 4. The molecule has 148 valence electrons. The zero-order valence-corrected chi connectivity index (χ0v) is 16.8. The highest BCUT2D eigenvalue weighted by Gasteiger charge is 2.11. The maximum atomic E-state index is 12.4. The first-order valence-electron chi connectivity index (χ1n) is 9.02. The molecule has 0 unspecified atom stereocenters. The van der Waals surface area contributed by atoms with Gasteiger partial charge < -0.3 is 10.1 Å². The summed E-state index contributed by atoms with van der Waals surface area (Å²) in [5.41, 5.74) is 2.53. The van der Waals surface area contributed by atoms with Gasteiger partial charge in [-0.25, -0.2) is 4.79 Å². The number of amides is 1. The molecule has 30 heavy (non-hydrogen) atoms. The van der Waals surface area contributed by atoms with Crippen LogP contribution in [0.25, 0.3) is 6.08 Å². The zero-order chi connectivity index (χ0) is 21.5. The topological polar surface area (TPSA) is 79.2 Å². The van der Waals surface area contributed by atoms with Crippen LogP contribution in [0.4, 0.5) is 5.69 Å². The lowest BCUT2D eigenvalue weighted by molar-refractivity contribution is -0.112. The SMILES string of the molecule is Cc1cccc(NC(=O)/C(C#N)=C/c2ccc(OC(=O)c3cccc(Cl)c3)cc2)c1. The molecular weight excluding hydrogens is 400 g/mol. The fraction of sp³-hybridized carbons (Fsp3) is 0.0417. The molecule has 0 saturated carbocycles. The smallest absolute Gasteiger partial charge is 0.343 e. The van der Waals surface area contributed by atoms with Gasteiger partial charge in [-0.2, -0.15) is 5.26 Å². The summed E-state index contributed by atoms with van der Waals surface area (Å²) in [6.07, 6.45) is 1.47. The van der Waals surface area contributed by atoms with Gasteiger partial charge in [0.15, 0.2) is 0 Å². The number of benzene rings is 3. The summed E-state index contributed by atoms with van der Waals surface area (Å²) in [4.78, 5) is 24.5. The number of aryl methyl sites for hydroxylation is 1. The molecule has 0 aliphatic carbocycles. The molecule has 0 bridgehead atoms. The molecule has 1 N–H and O–H groups in total. The summed E-state index contributed by atoms with van der Waals surface area (Å²) in [7, 11) is 0. The van der Waals surface area contributed by atoms with E-state index in [1.54, 1.807) is 48.5 Å². The highest BCUT2D eigenvalue weighted by atomic mass is 35.5. The Bertz CT molecular complexity index is 1160. The number of ether oxygens (including phenoxy) is 1. The monoisotopic (exact) mass is 416 g/mol. The normalized spacial score (nSPS) is 10.8. The molecule has 0 spiro atoms. The molecule has 1 amide bonds. The number of esters is 1. The minimum atomic E-state index is -0.531. The molecule has 0 atom stereocenters. The molecule has 3 rings (SSSR count). The van der Waals surface area contributed by atoms with Gasteiger partial charge in [0.1, 0.15) is 17.4 Å². The molecule has 6 heteroatoms. The molecule has 0 heterocycles. The van der Waals surface area contributed by atoms with Gasteiger partial charge in [-0.3, -0.25) is 4.79 Å². The van der Waals surface area contributed by atoms with Crippen LogP contribution in [-0.2, 0) is 4.79 Å². The van der Waals surface area contributed by atoms with E-state index < -0.39 is 11.9 Å². The van der Waals surface area contributed by atoms with Gasteiger partial charge in [0, 0.05) is 10.7 Å². The number of rotatable bonds is 5. The van der Waals surface area contributed by atoms with E-state index in [4.69, 9.17) is 16.3 Å². The van der Waals surface area contributed by atoms with Crippen molar-refractivity contribution in [2.24, 2.45) is 0 Å². The summed E-state index contributed by atoms with van der Waals surface area (Å²) >= 11 is 5.89. The van der Waals surface area contributed by atoms with Crippen LogP contribution in [0.15, 0.2) is 78.4 Å². The van der Waals surface area contributed by atoms with Crippen LogP contribution in [0.2, 0.25) is 5.02 Å². The van der Waals surface area contributed by atoms with Crippen molar-refractivity contribution in [3.8, 4) is 11.8 Å². The lowest BCUT2D eigenvalue weighted by Crippen LogP contribution is -2.13. The number of carbonyl (C=O) groups is 2. The van der Waals surface area contributed by atoms with Gasteiger partial charge in [-0.1, -0.05) is 41.9 Å². The van der Waals surface area contributed by atoms with Gasteiger partial charge in [0.05, 0.1) is 5.56 Å². The first-order chi connectivity index (χ1) is 14.4. The molecule has 3 aromatic carbocycles. The van der Waals surface area contributed by atoms with Crippen LogP contribution >= 0.6 is 11.6 Å². The highest BCUT2D eigenvalue weighted by Crippen LogP contribution is 2.18. The number of carbonyl (C=O) groups excluding carboxylic acids is 2. The Morgan fingerprint density at radius 1 is 1.03 bits per heavy atom. The average Bonchev–Trinajstić information content (AvgIpc) is 2.73. The summed E-state index contributed by atoms with van der Waals surface area (Å²) in [6, 6.07) is 22.1. The van der Waals surface area contributed by atoms with E-state index >= 15 is 0 Å². The van der Waals surface area contributed by atoms with Gasteiger partial charge in [-0.05, 0) is 66.6 Å². The standard InChI is InChI=1S/C24H17ClN2O3/c1-16-4-2-7-21(12-16)27-23(28)19(15-26)13-17-8-10-22(11-9-17)30-24(29)18-5-3-6-20(25)14-18/h2-14H,1H3,(H,27,28)/b19-13+. The van der Waals surface area contributed by atoms with E-state index in [0.717, 1.165) is 5.56 Å². The summed E-state index contributed by atoms with van der Waals surface area (Å²) in [5, 5.41) is 12.5. The summed E-state index contributed by atoms with van der Waals surface area (Å²) in [6.45, 7) is 1.91. The number of nitriles is 1. The second kappa shape index (κ2) is 9.55. The maximum absolute atomic E-state index is 12.4. The maximum Gasteiger partial charge on any atom is 0.343 e. The Morgan fingerprint density at radius 2 is 1.77 bits per heavy atom. The molecule has 0 aromatic heterocycles. The van der Waals surface area contributed by atoms with E-state index in [-0.39, 0.29) is 5.57 Å². The molecule has 0 radical (unpaired) electrons. The zero-order valence-electron chi connectivity index (χ0n) is 16.1.